The Morgan fingerprint density at radius 2 is 2.33 bits per heavy atom. The number of amides is 1. The zero-order valence-corrected chi connectivity index (χ0v) is 9.71. The largest absolute Gasteiger partial charge is 0.324 e. The van der Waals surface area contributed by atoms with Gasteiger partial charge >= 0.3 is 0 Å². The molecule has 1 fully saturated rings. The predicted octanol–water partition coefficient (Wildman–Crippen LogP) is 0.425. The van der Waals surface area contributed by atoms with Crippen molar-refractivity contribution in [3.05, 3.63) is 37.1 Å². The van der Waals surface area contributed by atoms with Crippen molar-refractivity contribution in [3.63, 3.8) is 0 Å². The van der Waals surface area contributed by atoms with Gasteiger partial charge in [0.2, 0.25) is 5.91 Å². The fourth-order valence-corrected chi connectivity index (χ4v) is 1.73. The quantitative estimate of drug-likeness (QED) is 0.819. The average molecular weight is 243 g/mol. The van der Waals surface area contributed by atoms with Gasteiger partial charge in [0.1, 0.15) is 12.1 Å². The number of anilines is 1. The van der Waals surface area contributed by atoms with Gasteiger partial charge in [-0.15, -0.1) is 0 Å². The first-order valence-electron chi connectivity index (χ1n) is 5.79. The van der Waals surface area contributed by atoms with Crippen molar-refractivity contribution in [2.75, 3.05) is 18.4 Å². The van der Waals surface area contributed by atoms with E-state index in [2.05, 4.69) is 20.6 Å². The third kappa shape index (κ3) is 2.10. The van der Waals surface area contributed by atoms with Gasteiger partial charge in [0.25, 0.3) is 0 Å². The van der Waals surface area contributed by atoms with E-state index in [1.165, 1.54) is 0 Å². The maximum atomic E-state index is 11.7. The number of imidazole rings is 1. The zero-order chi connectivity index (χ0) is 12.4. The van der Waals surface area contributed by atoms with Crippen molar-refractivity contribution in [3.8, 4) is 5.82 Å². The second-order valence-electron chi connectivity index (χ2n) is 4.22. The Balaban J connectivity index is 1.69. The van der Waals surface area contributed by atoms with Crippen LogP contribution in [0.25, 0.3) is 5.82 Å². The molecule has 2 aromatic rings. The van der Waals surface area contributed by atoms with Gasteiger partial charge < -0.3 is 10.6 Å². The Hall–Kier alpha value is -2.21. The molecule has 1 aliphatic rings. The minimum absolute atomic E-state index is 0.0472. The van der Waals surface area contributed by atoms with E-state index in [0.717, 1.165) is 24.6 Å². The van der Waals surface area contributed by atoms with Crippen LogP contribution >= 0.6 is 0 Å². The maximum Gasteiger partial charge on any atom is 0.230 e. The van der Waals surface area contributed by atoms with Gasteiger partial charge in [-0.25, -0.2) is 9.97 Å². The first kappa shape index (κ1) is 10.9. The molecular formula is C12H13N5O. The van der Waals surface area contributed by atoms with E-state index in [9.17, 15) is 4.79 Å². The highest BCUT2D eigenvalue weighted by atomic mass is 16.2. The molecule has 6 nitrogen and oxygen atoms in total. The van der Waals surface area contributed by atoms with Crippen molar-refractivity contribution < 1.29 is 4.79 Å². The first-order chi connectivity index (χ1) is 8.83. The normalized spacial score (nSPS) is 15.1. The van der Waals surface area contributed by atoms with Crippen LogP contribution in [-0.4, -0.2) is 33.5 Å². The van der Waals surface area contributed by atoms with E-state index in [-0.39, 0.29) is 11.8 Å². The SMILES string of the molecule is O=C(Nc1ccc(-n2ccnc2)nc1)C1CNC1. The Bertz CT molecular complexity index is 530. The summed E-state index contributed by atoms with van der Waals surface area (Å²) in [6, 6.07) is 3.68. The third-order valence-electron chi connectivity index (χ3n) is 2.94. The Kier molecular flexibility index (Phi) is 2.77. The molecule has 0 atom stereocenters. The van der Waals surface area contributed by atoms with Crippen LogP contribution in [0.2, 0.25) is 0 Å². The molecule has 92 valence electrons. The van der Waals surface area contributed by atoms with Crippen molar-refractivity contribution in [1.82, 2.24) is 19.9 Å². The lowest BCUT2D eigenvalue weighted by Gasteiger charge is -2.25. The number of nitrogens with one attached hydrogen (secondary N) is 2. The number of aromatic nitrogens is 3. The van der Waals surface area contributed by atoms with Gasteiger partial charge in [-0.05, 0) is 12.1 Å². The molecular weight excluding hydrogens is 230 g/mol. The maximum absolute atomic E-state index is 11.7. The highest BCUT2D eigenvalue weighted by Gasteiger charge is 2.24. The van der Waals surface area contributed by atoms with Gasteiger partial charge in [-0.1, -0.05) is 0 Å². The third-order valence-corrected chi connectivity index (χ3v) is 2.94. The van der Waals surface area contributed by atoms with Gasteiger partial charge in [0.15, 0.2) is 0 Å². The van der Waals surface area contributed by atoms with E-state index in [1.807, 2.05) is 18.3 Å². The number of pyridine rings is 1. The van der Waals surface area contributed by atoms with Crippen LogP contribution in [0, 0.1) is 5.92 Å². The van der Waals surface area contributed by atoms with Crippen LogP contribution < -0.4 is 10.6 Å². The predicted molar refractivity (Wildman–Crippen MR) is 66.3 cm³/mol. The van der Waals surface area contributed by atoms with Crippen LogP contribution in [0.15, 0.2) is 37.1 Å². The molecule has 18 heavy (non-hydrogen) atoms. The minimum Gasteiger partial charge on any atom is -0.324 e. The molecule has 3 rings (SSSR count). The summed E-state index contributed by atoms with van der Waals surface area (Å²) in [5.74, 6) is 0.903. The molecule has 1 amide bonds. The molecule has 0 saturated carbocycles. The van der Waals surface area contributed by atoms with Gasteiger partial charge in [0, 0.05) is 25.5 Å². The summed E-state index contributed by atoms with van der Waals surface area (Å²) in [6.45, 7) is 1.51. The molecule has 1 aliphatic heterocycles. The Morgan fingerprint density at radius 1 is 1.44 bits per heavy atom. The lowest BCUT2D eigenvalue weighted by Crippen LogP contribution is -2.48. The molecule has 0 aliphatic carbocycles. The smallest absolute Gasteiger partial charge is 0.230 e. The number of carbonyl (C=O) groups excluding carboxylic acids is 1. The number of hydrogen-bond acceptors (Lipinski definition) is 4. The fourth-order valence-electron chi connectivity index (χ4n) is 1.73. The number of rotatable bonds is 3. The van der Waals surface area contributed by atoms with E-state index in [0.29, 0.717) is 0 Å². The minimum atomic E-state index is 0.0472. The van der Waals surface area contributed by atoms with Crippen molar-refractivity contribution in [2.24, 2.45) is 5.92 Å². The van der Waals surface area contributed by atoms with Crippen molar-refractivity contribution >= 4 is 11.6 Å². The first-order valence-corrected chi connectivity index (χ1v) is 5.79. The fraction of sp³-hybridized carbons (Fsp3) is 0.250. The molecule has 1 saturated heterocycles. The average Bonchev–Trinajstić information content (AvgIpc) is 2.81. The molecule has 6 heteroatoms. The molecule has 0 radical (unpaired) electrons. The topological polar surface area (TPSA) is 71.8 Å². The number of hydrogen-bond donors (Lipinski definition) is 2. The second-order valence-corrected chi connectivity index (χ2v) is 4.22. The summed E-state index contributed by atoms with van der Waals surface area (Å²) in [5, 5.41) is 5.92. The van der Waals surface area contributed by atoms with Crippen molar-refractivity contribution in [1.29, 1.82) is 0 Å². The van der Waals surface area contributed by atoms with Crippen LogP contribution in [0.1, 0.15) is 0 Å². The standard InChI is InChI=1S/C12H13N5O/c18-12(9-5-14-6-9)16-10-1-2-11(15-7-10)17-4-3-13-8-17/h1-4,7-9,14H,5-6H2,(H,16,18). The summed E-state index contributed by atoms with van der Waals surface area (Å²) in [6.07, 6.45) is 6.85. The summed E-state index contributed by atoms with van der Waals surface area (Å²) in [4.78, 5) is 19.9. The van der Waals surface area contributed by atoms with E-state index in [1.54, 1.807) is 23.3 Å². The highest BCUT2D eigenvalue weighted by Crippen LogP contribution is 2.12. The van der Waals surface area contributed by atoms with Crippen LogP contribution in [-0.2, 0) is 4.79 Å². The molecule has 0 aromatic carbocycles. The molecule has 3 heterocycles. The van der Waals surface area contributed by atoms with Crippen LogP contribution in [0.5, 0.6) is 0 Å². The lowest BCUT2D eigenvalue weighted by molar-refractivity contribution is -0.121. The molecule has 0 unspecified atom stereocenters. The van der Waals surface area contributed by atoms with Gasteiger partial charge in [-0.3, -0.25) is 9.36 Å². The van der Waals surface area contributed by atoms with E-state index >= 15 is 0 Å². The summed E-state index contributed by atoms with van der Waals surface area (Å²) >= 11 is 0. The van der Waals surface area contributed by atoms with Gasteiger partial charge in [-0.2, -0.15) is 0 Å². The number of carbonyl (C=O) groups is 1. The molecule has 0 spiro atoms. The lowest BCUT2D eigenvalue weighted by atomic mass is 10.0. The Morgan fingerprint density at radius 3 is 2.89 bits per heavy atom. The highest BCUT2D eigenvalue weighted by molar-refractivity contribution is 5.93. The summed E-state index contributed by atoms with van der Waals surface area (Å²) < 4.78 is 1.81. The molecule has 2 aromatic heterocycles. The number of nitrogens with zero attached hydrogens (tertiary/aromatic N) is 3. The monoisotopic (exact) mass is 243 g/mol. The second kappa shape index (κ2) is 4.58. The van der Waals surface area contributed by atoms with Gasteiger partial charge in [0.05, 0.1) is 17.8 Å². The van der Waals surface area contributed by atoms with Crippen LogP contribution in [0.3, 0.4) is 0 Å². The molecule has 2 N–H and O–H groups in total. The van der Waals surface area contributed by atoms with Crippen LogP contribution in [0.4, 0.5) is 5.69 Å². The van der Waals surface area contributed by atoms with Crippen molar-refractivity contribution in [2.45, 2.75) is 0 Å². The Labute approximate surface area is 104 Å². The molecule has 0 bridgehead atoms. The summed E-state index contributed by atoms with van der Waals surface area (Å²) in [7, 11) is 0. The van der Waals surface area contributed by atoms with E-state index in [4.69, 9.17) is 0 Å². The van der Waals surface area contributed by atoms with E-state index < -0.39 is 0 Å². The summed E-state index contributed by atoms with van der Waals surface area (Å²) in [5.41, 5.74) is 0.718. The zero-order valence-electron chi connectivity index (χ0n) is 9.71.